The van der Waals surface area contributed by atoms with Gasteiger partial charge in [0.05, 0.1) is 0 Å². The van der Waals surface area contributed by atoms with E-state index in [-0.39, 0.29) is 4.90 Å². The van der Waals surface area contributed by atoms with Crippen molar-refractivity contribution in [2.75, 3.05) is 18.8 Å². The van der Waals surface area contributed by atoms with Gasteiger partial charge in [0.2, 0.25) is 10.0 Å². The van der Waals surface area contributed by atoms with Gasteiger partial charge in [-0.1, -0.05) is 30.3 Å². The number of benzene rings is 1. The summed E-state index contributed by atoms with van der Waals surface area (Å²) < 4.78 is 26.9. The fraction of sp³-hybridized carbons (Fsp3) is 0.312. The zero-order chi connectivity index (χ0) is 15.4. The van der Waals surface area contributed by atoms with E-state index in [0.717, 1.165) is 12.2 Å². The number of rotatable bonds is 3. The summed E-state index contributed by atoms with van der Waals surface area (Å²) in [6, 6.07) is 13.6. The Morgan fingerprint density at radius 1 is 1.09 bits per heavy atom. The standard InChI is InChI=1S/C16H18N2O2S2/c19-22(20,15-7-4-9-17-13-15)18-10-8-16(21-12-11-18)14-5-2-1-3-6-14/h1-7,9,13,16H,8,10-12H2. The maximum atomic E-state index is 12.7. The van der Waals surface area contributed by atoms with E-state index in [4.69, 9.17) is 0 Å². The van der Waals surface area contributed by atoms with Gasteiger partial charge in [0.25, 0.3) is 0 Å². The molecule has 0 amide bonds. The predicted molar refractivity (Wildman–Crippen MR) is 89.3 cm³/mol. The lowest BCUT2D eigenvalue weighted by molar-refractivity contribution is 0.428. The van der Waals surface area contributed by atoms with Crippen LogP contribution in [0.15, 0.2) is 59.8 Å². The Hall–Kier alpha value is -1.37. The molecular weight excluding hydrogens is 316 g/mol. The van der Waals surface area contributed by atoms with Gasteiger partial charge >= 0.3 is 0 Å². The number of aromatic nitrogens is 1. The Kier molecular flexibility index (Phi) is 4.81. The second kappa shape index (κ2) is 6.81. The first-order valence-corrected chi connectivity index (χ1v) is 9.73. The summed E-state index contributed by atoms with van der Waals surface area (Å²) >= 11 is 1.83. The van der Waals surface area contributed by atoms with Crippen LogP contribution in [0.3, 0.4) is 0 Å². The number of nitrogens with zero attached hydrogens (tertiary/aromatic N) is 2. The number of hydrogen-bond acceptors (Lipinski definition) is 4. The Morgan fingerprint density at radius 2 is 1.91 bits per heavy atom. The molecule has 0 saturated carbocycles. The molecule has 1 fully saturated rings. The van der Waals surface area contributed by atoms with Crippen molar-refractivity contribution < 1.29 is 8.42 Å². The predicted octanol–water partition coefficient (Wildman–Crippen LogP) is 2.95. The molecule has 1 saturated heterocycles. The fourth-order valence-electron chi connectivity index (χ4n) is 2.57. The molecule has 1 aliphatic rings. The van der Waals surface area contributed by atoms with Gasteiger partial charge in [0.1, 0.15) is 4.90 Å². The normalized spacial score (nSPS) is 20.5. The van der Waals surface area contributed by atoms with Crippen molar-refractivity contribution in [2.24, 2.45) is 0 Å². The first-order valence-electron chi connectivity index (χ1n) is 7.24. The van der Waals surface area contributed by atoms with E-state index in [1.807, 2.05) is 30.0 Å². The SMILES string of the molecule is O=S(=O)(c1cccnc1)N1CCSC(c2ccccc2)CC1. The van der Waals surface area contributed by atoms with Crippen molar-refractivity contribution in [3.63, 3.8) is 0 Å². The van der Waals surface area contributed by atoms with E-state index in [2.05, 4.69) is 17.1 Å². The average Bonchev–Trinajstić information content (AvgIpc) is 2.83. The van der Waals surface area contributed by atoms with Crippen LogP contribution in [0.2, 0.25) is 0 Å². The smallest absolute Gasteiger partial charge is 0.244 e. The van der Waals surface area contributed by atoms with Crippen LogP contribution >= 0.6 is 11.8 Å². The van der Waals surface area contributed by atoms with Gasteiger partial charge in [-0.25, -0.2) is 8.42 Å². The van der Waals surface area contributed by atoms with Crippen molar-refractivity contribution in [2.45, 2.75) is 16.6 Å². The van der Waals surface area contributed by atoms with Crippen molar-refractivity contribution >= 4 is 21.8 Å². The zero-order valence-electron chi connectivity index (χ0n) is 12.1. The molecule has 0 spiro atoms. The molecule has 116 valence electrons. The summed E-state index contributed by atoms with van der Waals surface area (Å²) in [5, 5.41) is 0.357. The van der Waals surface area contributed by atoms with E-state index < -0.39 is 10.0 Å². The third kappa shape index (κ3) is 3.34. The van der Waals surface area contributed by atoms with Crippen molar-refractivity contribution in [1.29, 1.82) is 0 Å². The molecule has 6 heteroatoms. The molecule has 0 aliphatic carbocycles. The third-order valence-corrected chi connectivity index (χ3v) is 6.95. The van der Waals surface area contributed by atoms with Gasteiger partial charge in [-0.15, -0.1) is 0 Å². The second-order valence-corrected chi connectivity index (χ2v) is 8.40. The van der Waals surface area contributed by atoms with Gasteiger partial charge in [0.15, 0.2) is 0 Å². The van der Waals surface area contributed by atoms with Crippen molar-refractivity contribution in [3.05, 3.63) is 60.4 Å². The summed E-state index contributed by atoms with van der Waals surface area (Å²) in [5.41, 5.74) is 1.27. The van der Waals surface area contributed by atoms with E-state index in [9.17, 15) is 8.42 Å². The molecular formula is C16H18N2O2S2. The van der Waals surface area contributed by atoms with E-state index in [1.54, 1.807) is 22.6 Å². The minimum atomic E-state index is -3.43. The van der Waals surface area contributed by atoms with Crippen molar-refractivity contribution in [3.8, 4) is 0 Å². The Bertz CT molecular complexity index is 705. The third-order valence-electron chi connectivity index (χ3n) is 3.74. The van der Waals surface area contributed by atoms with Crippen LogP contribution in [0.4, 0.5) is 0 Å². The maximum absolute atomic E-state index is 12.7. The largest absolute Gasteiger partial charge is 0.263 e. The lowest BCUT2D eigenvalue weighted by Crippen LogP contribution is -2.33. The topological polar surface area (TPSA) is 50.3 Å². The van der Waals surface area contributed by atoms with Gasteiger partial charge < -0.3 is 0 Å². The molecule has 2 heterocycles. The van der Waals surface area contributed by atoms with Crippen LogP contribution in [0.1, 0.15) is 17.2 Å². The van der Waals surface area contributed by atoms with Gasteiger partial charge in [-0.3, -0.25) is 4.98 Å². The Labute approximate surface area is 135 Å². The summed E-state index contributed by atoms with van der Waals surface area (Å²) in [4.78, 5) is 4.20. The van der Waals surface area contributed by atoms with E-state index >= 15 is 0 Å². The molecule has 22 heavy (non-hydrogen) atoms. The quantitative estimate of drug-likeness (QED) is 0.866. The van der Waals surface area contributed by atoms with Crippen LogP contribution < -0.4 is 0 Å². The Morgan fingerprint density at radius 3 is 2.64 bits per heavy atom. The molecule has 1 aliphatic heterocycles. The van der Waals surface area contributed by atoms with E-state index in [0.29, 0.717) is 18.3 Å². The molecule has 1 aromatic heterocycles. The maximum Gasteiger partial charge on any atom is 0.244 e. The molecule has 0 bridgehead atoms. The van der Waals surface area contributed by atoms with Crippen molar-refractivity contribution in [1.82, 2.24) is 9.29 Å². The minimum absolute atomic E-state index is 0.276. The van der Waals surface area contributed by atoms with E-state index in [1.165, 1.54) is 11.8 Å². The van der Waals surface area contributed by atoms with Gasteiger partial charge in [-0.2, -0.15) is 16.1 Å². The molecule has 3 rings (SSSR count). The summed E-state index contributed by atoms with van der Waals surface area (Å²) in [5.74, 6) is 0.805. The lowest BCUT2D eigenvalue weighted by Gasteiger charge is -2.19. The molecule has 1 unspecified atom stereocenters. The molecule has 1 atom stereocenters. The highest BCUT2D eigenvalue weighted by atomic mass is 32.2. The highest BCUT2D eigenvalue weighted by Gasteiger charge is 2.28. The van der Waals surface area contributed by atoms with Gasteiger partial charge in [0, 0.05) is 36.5 Å². The van der Waals surface area contributed by atoms with Crippen LogP contribution in [0.25, 0.3) is 0 Å². The average molecular weight is 334 g/mol. The molecule has 2 aromatic rings. The first kappa shape index (κ1) is 15.5. The molecule has 0 N–H and O–H groups in total. The van der Waals surface area contributed by atoms with Crippen LogP contribution in [-0.2, 0) is 10.0 Å². The molecule has 1 aromatic carbocycles. The second-order valence-electron chi connectivity index (χ2n) is 5.15. The van der Waals surface area contributed by atoms with Gasteiger partial charge in [-0.05, 0) is 24.1 Å². The minimum Gasteiger partial charge on any atom is -0.263 e. The van der Waals surface area contributed by atoms with Crippen LogP contribution in [-0.4, -0.2) is 36.5 Å². The summed E-state index contributed by atoms with van der Waals surface area (Å²) in [6.45, 7) is 1.09. The number of sulfonamides is 1. The number of thioether (sulfide) groups is 1. The highest BCUT2D eigenvalue weighted by molar-refractivity contribution is 7.99. The molecule has 0 radical (unpaired) electrons. The lowest BCUT2D eigenvalue weighted by atomic mass is 10.1. The molecule has 4 nitrogen and oxygen atoms in total. The first-order chi connectivity index (χ1) is 10.7. The van der Waals surface area contributed by atoms with Crippen LogP contribution in [0.5, 0.6) is 0 Å². The number of hydrogen-bond donors (Lipinski definition) is 0. The summed E-state index contributed by atoms with van der Waals surface area (Å²) in [7, 11) is -3.43. The van der Waals surface area contributed by atoms with Crippen LogP contribution in [0, 0.1) is 0 Å². The summed E-state index contributed by atoms with van der Waals surface area (Å²) in [6.07, 6.45) is 3.83. The monoisotopic (exact) mass is 334 g/mol. The zero-order valence-corrected chi connectivity index (χ0v) is 13.8. The number of pyridine rings is 1. The fourth-order valence-corrected chi connectivity index (χ4v) is 5.34. The highest BCUT2D eigenvalue weighted by Crippen LogP contribution is 2.35. The Balaban J connectivity index is 1.76.